The Balaban J connectivity index is 1.05. The van der Waals surface area contributed by atoms with Crippen molar-refractivity contribution in [3.05, 3.63) is 131 Å². The van der Waals surface area contributed by atoms with Crippen molar-refractivity contribution in [2.24, 2.45) is 11.8 Å². The molecule has 1 N–H and O–H groups in total. The van der Waals surface area contributed by atoms with Crippen LogP contribution in [-0.4, -0.2) is 71.8 Å². The maximum absolute atomic E-state index is 14.9. The van der Waals surface area contributed by atoms with Crippen LogP contribution in [-0.2, 0) is 23.1 Å². The van der Waals surface area contributed by atoms with E-state index in [9.17, 15) is 9.90 Å². The Morgan fingerprint density at radius 1 is 0.925 bits per heavy atom. The second-order valence-electron chi connectivity index (χ2n) is 16.5. The molecule has 1 amide bonds. The summed E-state index contributed by atoms with van der Waals surface area (Å²) in [6, 6.07) is 37.0. The van der Waals surface area contributed by atoms with Gasteiger partial charge in [-0.15, -0.1) is 0 Å². The number of benzene rings is 4. The molecule has 1 saturated heterocycles. The lowest BCUT2D eigenvalue weighted by Gasteiger charge is -2.60. The molecule has 2 unspecified atom stereocenters. The predicted molar refractivity (Wildman–Crippen MR) is 208 cm³/mol. The molecule has 6 nitrogen and oxygen atoms in total. The average Bonchev–Trinajstić information content (AvgIpc) is 3.78. The van der Waals surface area contributed by atoms with Gasteiger partial charge in [0.15, 0.2) is 11.5 Å². The van der Waals surface area contributed by atoms with Crippen LogP contribution in [0.1, 0.15) is 85.1 Å². The maximum atomic E-state index is 14.9. The van der Waals surface area contributed by atoms with E-state index in [1.54, 1.807) is 7.11 Å². The van der Waals surface area contributed by atoms with Crippen LogP contribution in [0, 0.1) is 11.8 Å². The molecule has 2 aliphatic heterocycles. The summed E-state index contributed by atoms with van der Waals surface area (Å²) in [5.74, 6) is 2.89. The molecule has 276 valence electrons. The fourth-order valence-corrected chi connectivity index (χ4v) is 11.0. The highest BCUT2D eigenvalue weighted by Crippen LogP contribution is 2.64. The van der Waals surface area contributed by atoms with E-state index in [2.05, 4.69) is 113 Å². The summed E-state index contributed by atoms with van der Waals surface area (Å²) < 4.78 is 13.3. The Kier molecular flexibility index (Phi) is 9.54. The Bertz CT molecular complexity index is 1850. The van der Waals surface area contributed by atoms with E-state index in [1.807, 2.05) is 0 Å². The standard InChI is InChI=1S/C47H54N2O4/c1-52-42-25-22-35-28-40-38-23-24-39(46-47(38,44(35)45(42)53-46)26-27-48(40)30-36-29-41(36)50)49(43(51)21-13-3-8-16-32-14-6-2-7-15-32)31-37(33-17-9-4-10-18-33)34-19-11-5-12-20-34/h2,4-7,9-12,14-15,17-20,22,25,36-41,46,50H,3,8,13,16,21,23-24,26-31H2,1H3/t36?,38-,39-,40+,41?,46-,47-/m0/s1. The van der Waals surface area contributed by atoms with Crippen LogP contribution in [0.15, 0.2) is 103 Å². The zero-order chi connectivity index (χ0) is 35.9. The van der Waals surface area contributed by atoms with Gasteiger partial charge in [-0.05, 0) is 92.1 Å². The maximum Gasteiger partial charge on any atom is 0.222 e. The number of aliphatic hydroxyl groups is 1. The van der Waals surface area contributed by atoms with E-state index in [4.69, 9.17) is 9.47 Å². The van der Waals surface area contributed by atoms with E-state index >= 15 is 0 Å². The van der Waals surface area contributed by atoms with Crippen LogP contribution in [0.3, 0.4) is 0 Å². The van der Waals surface area contributed by atoms with Gasteiger partial charge in [-0.25, -0.2) is 0 Å². The molecule has 1 spiro atoms. The molecule has 7 atom stereocenters. The number of nitrogens with zero attached hydrogens (tertiary/aromatic N) is 2. The van der Waals surface area contributed by atoms with Crippen molar-refractivity contribution < 1.29 is 19.4 Å². The van der Waals surface area contributed by atoms with E-state index in [0.29, 0.717) is 30.8 Å². The smallest absolute Gasteiger partial charge is 0.222 e. The lowest BCUT2D eigenvalue weighted by atomic mass is 9.51. The molecule has 53 heavy (non-hydrogen) atoms. The zero-order valence-corrected chi connectivity index (χ0v) is 31.1. The zero-order valence-electron chi connectivity index (χ0n) is 31.1. The number of aliphatic hydroxyl groups excluding tert-OH is 1. The van der Waals surface area contributed by atoms with Crippen molar-refractivity contribution in [3.63, 3.8) is 0 Å². The number of hydrogen-bond donors (Lipinski definition) is 1. The van der Waals surface area contributed by atoms with Crippen molar-refractivity contribution in [1.29, 1.82) is 0 Å². The minimum absolute atomic E-state index is 0.0431. The molecule has 4 aromatic carbocycles. The van der Waals surface area contributed by atoms with Gasteiger partial charge < -0.3 is 19.5 Å². The van der Waals surface area contributed by atoms with Gasteiger partial charge in [-0.2, -0.15) is 0 Å². The number of carbonyl (C=O) groups excluding carboxylic acids is 1. The molecule has 3 fully saturated rings. The molecule has 5 aliphatic rings. The number of likely N-dealkylation sites (tertiary alicyclic amines) is 1. The Morgan fingerprint density at radius 3 is 2.30 bits per heavy atom. The monoisotopic (exact) mass is 710 g/mol. The normalized spacial score (nSPS) is 27.9. The summed E-state index contributed by atoms with van der Waals surface area (Å²) in [6.07, 6.45) is 9.27. The van der Waals surface area contributed by atoms with Gasteiger partial charge in [-0.1, -0.05) is 103 Å². The lowest BCUT2D eigenvalue weighted by molar-refractivity contribution is -0.143. The largest absolute Gasteiger partial charge is 0.493 e. The number of carbonyl (C=O) groups is 1. The topological polar surface area (TPSA) is 62.2 Å². The molecule has 6 heteroatoms. The fourth-order valence-electron chi connectivity index (χ4n) is 11.0. The molecule has 2 bridgehead atoms. The van der Waals surface area contributed by atoms with Crippen molar-refractivity contribution in [1.82, 2.24) is 9.80 Å². The minimum atomic E-state index is -0.160. The SMILES string of the molecule is COc1ccc2c3c1O[C@H]1[C@@H](N(CC(c4ccccc4)c4ccccc4)C(=O)CCCCCc4ccccc4)CC[C@H]4[C@@H](C2)N(CC2CC2O)CC[C@@]341. The van der Waals surface area contributed by atoms with Gasteiger partial charge >= 0.3 is 0 Å². The summed E-state index contributed by atoms with van der Waals surface area (Å²) in [7, 11) is 1.75. The molecule has 3 aliphatic carbocycles. The third-order valence-corrected chi connectivity index (χ3v) is 13.7. The number of piperidine rings is 1. The summed E-state index contributed by atoms with van der Waals surface area (Å²) in [5, 5.41) is 10.3. The van der Waals surface area contributed by atoms with E-state index < -0.39 is 0 Å². The molecule has 2 saturated carbocycles. The number of ether oxygens (including phenoxy) is 2. The van der Waals surface area contributed by atoms with E-state index in [1.165, 1.54) is 27.8 Å². The minimum Gasteiger partial charge on any atom is -0.493 e. The van der Waals surface area contributed by atoms with Crippen LogP contribution >= 0.6 is 0 Å². The highest BCUT2D eigenvalue weighted by Gasteiger charge is 2.67. The van der Waals surface area contributed by atoms with Crippen molar-refractivity contribution in [2.45, 2.75) is 99.8 Å². The number of unbranched alkanes of at least 4 members (excludes halogenated alkanes) is 2. The second-order valence-corrected chi connectivity index (χ2v) is 16.5. The summed E-state index contributed by atoms with van der Waals surface area (Å²) in [5.41, 5.74) is 6.43. The van der Waals surface area contributed by atoms with Gasteiger partial charge in [0.05, 0.1) is 19.3 Å². The Labute approximate surface area is 315 Å². The Hall–Kier alpha value is -4.13. The average molecular weight is 711 g/mol. The van der Waals surface area contributed by atoms with Crippen molar-refractivity contribution in [2.75, 3.05) is 26.7 Å². The van der Waals surface area contributed by atoms with Crippen LogP contribution in [0.5, 0.6) is 11.5 Å². The molecule has 9 rings (SSSR count). The van der Waals surface area contributed by atoms with Crippen LogP contribution in [0.2, 0.25) is 0 Å². The summed E-state index contributed by atoms with van der Waals surface area (Å²) in [4.78, 5) is 19.9. The predicted octanol–water partition coefficient (Wildman–Crippen LogP) is 7.95. The highest BCUT2D eigenvalue weighted by atomic mass is 16.5. The second kappa shape index (κ2) is 14.6. The number of amides is 1. The number of methoxy groups -OCH3 is 1. The van der Waals surface area contributed by atoms with E-state index in [0.717, 1.165) is 82.4 Å². The highest BCUT2D eigenvalue weighted by molar-refractivity contribution is 5.77. The molecule has 0 aromatic heterocycles. The van der Waals surface area contributed by atoms with Crippen LogP contribution in [0.25, 0.3) is 0 Å². The van der Waals surface area contributed by atoms with Crippen molar-refractivity contribution >= 4 is 5.91 Å². The first kappa shape index (κ1) is 34.6. The molecule has 2 heterocycles. The number of aryl methyl sites for hydroxylation is 1. The number of hydrogen-bond acceptors (Lipinski definition) is 5. The van der Waals surface area contributed by atoms with Crippen LogP contribution in [0.4, 0.5) is 0 Å². The van der Waals surface area contributed by atoms with Gasteiger partial charge in [0.25, 0.3) is 0 Å². The molecular formula is C47H54N2O4. The molecular weight excluding hydrogens is 657 g/mol. The first-order valence-electron chi connectivity index (χ1n) is 20.3. The lowest BCUT2D eigenvalue weighted by Crippen LogP contribution is -2.69. The first-order valence-corrected chi connectivity index (χ1v) is 20.3. The molecule has 0 radical (unpaired) electrons. The fraction of sp³-hybridized carbons (Fsp3) is 0.468. The van der Waals surface area contributed by atoms with E-state index in [-0.39, 0.29) is 35.5 Å². The van der Waals surface area contributed by atoms with Crippen LogP contribution < -0.4 is 9.47 Å². The third kappa shape index (κ3) is 6.36. The van der Waals surface area contributed by atoms with Gasteiger partial charge in [-0.3, -0.25) is 9.69 Å². The van der Waals surface area contributed by atoms with Gasteiger partial charge in [0, 0.05) is 48.4 Å². The molecule has 4 aromatic rings. The number of rotatable bonds is 14. The third-order valence-electron chi connectivity index (χ3n) is 13.7. The van der Waals surface area contributed by atoms with Crippen molar-refractivity contribution in [3.8, 4) is 11.5 Å². The van der Waals surface area contributed by atoms with Gasteiger partial charge in [0.1, 0.15) is 6.10 Å². The summed E-state index contributed by atoms with van der Waals surface area (Å²) in [6.45, 7) is 2.60. The van der Waals surface area contributed by atoms with Gasteiger partial charge in [0.2, 0.25) is 5.91 Å². The quantitative estimate of drug-likeness (QED) is 0.135. The Morgan fingerprint density at radius 2 is 1.62 bits per heavy atom. The first-order chi connectivity index (χ1) is 26.0. The summed E-state index contributed by atoms with van der Waals surface area (Å²) >= 11 is 0.